The number of carbonyl (C=O) groups excluding carboxylic acids is 1. The molecule has 0 spiro atoms. The summed E-state index contributed by atoms with van der Waals surface area (Å²) >= 11 is 0. The van der Waals surface area contributed by atoms with Gasteiger partial charge in [0.25, 0.3) is 0 Å². The third-order valence-electron chi connectivity index (χ3n) is 2.91. The van der Waals surface area contributed by atoms with E-state index >= 15 is 0 Å². The summed E-state index contributed by atoms with van der Waals surface area (Å²) in [7, 11) is 1.84. The fraction of sp³-hybridized carbons (Fsp3) is 0.545. The van der Waals surface area contributed by atoms with Crippen molar-refractivity contribution in [3.05, 3.63) is 11.9 Å². The molecule has 2 rings (SSSR count). The Labute approximate surface area is 100 Å². The number of carbonyl (C=O) groups is 1. The molecule has 1 aliphatic heterocycles. The number of hydrogen-bond acceptors (Lipinski definition) is 5. The van der Waals surface area contributed by atoms with Crippen LogP contribution in [0, 0.1) is 6.92 Å². The van der Waals surface area contributed by atoms with Gasteiger partial charge in [0.1, 0.15) is 18.0 Å². The Balaban J connectivity index is 2.24. The molecule has 2 heterocycles. The second-order valence-corrected chi connectivity index (χ2v) is 4.01. The summed E-state index contributed by atoms with van der Waals surface area (Å²) in [6.07, 6.45) is 2.06. The molecule has 0 atom stereocenters. The van der Waals surface area contributed by atoms with Crippen LogP contribution in [0.4, 0.5) is 11.6 Å². The molecule has 2 N–H and O–H groups in total. The molecule has 1 aliphatic rings. The first kappa shape index (κ1) is 11.6. The number of anilines is 2. The normalized spacial score (nSPS) is 16.4. The Morgan fingerprint density at radius 3 is 3.00 bits per heavy atom. The fourth-order valence-electron chi connectivity index (χ4n) is 1.99. The summed E-state index contributed by atoms with van der Waals surface area (Å²) in [6, 6.07) is 0. The topological polar surface area (TPSA) is 70.2 Å². The lowest BCUT2D eigenvalue weighted by Gasteiger charge is -2.23. The molecular weight excluding hydrogens is 218 g/mol. The van der Waals surface area contributed by atoms with Gasteiger partial charge in [-0.1, -0.05) is 0 Å². The average Bonchev–Trinajstić information content (AvgIpc) is 2.54. The van der Waals surface area contributed by atoms with Gasteiger partial charge in [0.2, 0.25) is 5.91 Å². The number of nitrogens with one attached hydrogen (secondary N) is 2. The van der Waals surface area contributed by atoms with Crippen LogP contribution in [0.15, 0.2) is 6.33 Å². The summed E-state index contributed by atoms with van der Waals surface area (Å²) in [5.41, 5.74) is 1.02. The van der Waals surface area contributed by atoms with Crippen molar-refractivity contribution in [2.24, 2.45) is 0 Å². The molecule has 6 nitrogen and oxygen atoms in total. The fourth-order valence-corrected chi connectivity index (χ4v) is 1.99. The van der Waals surface area contributed by atoms with E-state index in [9.17, 15) is 4.79 Å². The Hall–Kier alpha value is -1.85. The molecular formula is C11H17N5O. The highest BCUT2D eigenvalue weighted by Gasteiger charge is 2.17. The third kappa shape index (κ3) is 2.46. The van der Waals surface area contributed by atoms with Crippen molar-refractivity contribution in [1.29, 1.82) is 0 Å². The minimum absolute atomic E-state index is 0.105. The lowest BCUT2D eigenvalue weighted by atomic mass is 10.2. The second kappa shape index (κ2) is 4.99. The van der Waals surface area contributed by atoms with Gasteiger partial charge in [0.05, 0.1) is 0 Å². The predicted molar refractivity (Wildman–Crippen MR) is 66.2 cm³/mol. The number of aromatic nitrogens is 2. The first-order chi connectivity index (χ1) is 8.22. The van der Waals surface area contributed by atoms with Gasteiger partial charge in [-0.25, -0.2) is 9.97 Å². The summed E-state index contributed by atoms with van der Waals surface area (Å²) in [5, 5.41) is 5.89. The van der Waals surface area contributed by atoms with Crippen molar-refractivity contribution < 1.29 is 4.79 Å². The largest absolute Gasteiger partial charge is 0.373 e. The Bertz CT molecular complexity index is 420. The van der Waals surface area contributed by atoms with E-state index in [0.29, 0.717) is 19.5 Å². The lowest BCUT2D eigenvalue weighted by Crippen LogP contribution is -2.29. The molecule has 0 unspecified atom stereocenters. The maximum Gasteiger partial charge on any atom is 0.221 e. The van der Waals surface area contributed by atoms with Crippen LogP contribution in [-0.2, 0) is 4.79 Å². The van der Waals surface area contributed by atoms with Crippen molar-refractivity contribution in [3.8, 4) is 0 Å². The van der Waals surface area contributed by atoms with E-state index in [1.807, 2.05) is 14.0 Å². The molecule has 0 saturated carbocycles. The van der Waals surface area contributed by atoms with E-state index in [1.54, 1.807) is 6.33 Å². The van der Waals surface area contributed by atoms with Crippen LogP contribution < -0.4 is 15.5 Å². The van der Waals surface area contributed by atoms with Gasteiger partial charge < -0.3 is 15.5 Å². The Morgan fingerprint density at radius 2 is 2.24 bits per heavy atom. The quantitative estimate of drug-likeness (QED) is 0.763. The van der Waals surface area contributed by atoms with Crippen molar-refractivity contribution >= 4 is 17.5 Å². The Morgan fingerprint density at radius 1 is 1.41 bits per heavy atom. The van der Waals surface area contributed by atoms with Crippen LogP contribution in [0.1, 0.15) is 12.0 Å². The van der Waals surface area contributed by atoms with Crippen molar-refractivity contribution in [1.82, 2.24) is 15.3 Å². The van der Waals surface area contributed by atoms with Gasteiger partial charge >= 0.3 is 0 Å². The lowest BCUT2D eigenvalue weighted by molar-refractivity contribution is -0.120. The van der Waals surface area contributed by atoms with Gasteiger partial charge in [0, 0.05) is 38.7 Å². The van der Waals surface area contributed by atoms with Gasteiger partial charge in [-0.2, -0.15) is 0 Å². The van der Waals surface area contributed by atoms with Gasteiger partial charge in [0.15, 0.2) is 0 Å². The number of hydrogen-bond donors (Lipinski definition) is 2. The molecule has 92 valence electrons. The standard InChI is InChI=1S/C11H17N5O/c1-8-10(12-2)14-7-15-11(8)16-5-3-9(17)13-4-6-16/h7H,3-6H2,1-2H3,(H,13,17)(H,12,14,15). The monoisotopic (exact) mass is 235 g/mol. The van der Waals surface area contributed by atoms with Crippen LogP contribution in [0.3, 0.4) is 0 Å². The third-order valence-corrected chi connectivity index (χ3v) is 2.91. The van der Waals surface area contributed by atoms with E-state index in [1.165, 1.54) is 0 Å². The van der Waals surface area contributed by atoms with Crippen LogP contribution in [0.2, 0.25) is 0 Å². The summed E-state index contributed by atoms with van der Waals surface area (Å²) < 4.78 is 0. The van der Waals surface area contributed by atoms with E-state index in [4.69, 9.17) is 0 Å². The second-order valence-electron chi connectivity index (χ2n) is 4.01. The van der Waals surface area contributed by atoms with E-state index in [0.717, 1.165) is 23.7 Å². The Kier molecular flexibility index (Phi) is 3.41. The molecule has 0 radical (unpaired) electrons. The van der Waals surface area contributed by atoms with Crippen LogP contribution in [-0.4, -0.2) is 42.6 Å². The van der Waals surface area contributed by atoms with Crippen LogP contribution in [0.25, 0.3) is 0 Å². The molecule has 1 fully saturated rings. The molecule has 0 aromatic carbocycles. The molecule has 17 heavy (non-hydrogen) atoms. The zero-order chi connectivity index (χ0) is 12.3. The van der Waals surface area contributed by atoms with Crippen molar-refractivity contribution in [3.63, 3.8) is 0 Å². The molecule has 6 heteroatoms. The van der Waals surface area contributed by atoms with Gasteiger partial charge in [-0.15, -0.1) is 0 Å². The minimum atomic E-state index is 0.105. The van der Waals surface area contributed by atoms with Crippen molar-refractivity contribution in [2.75, 3.05) is 36.9 Å². The zero-order valence-electron chi connectivity index (χ0n) is 10.2. The first-order valence-electron chi connectivity index (χ1n) is 5.73. The van der Waals surface area contributed by atoms with E-state index in [2.05, 4.69) is 25.5 Å². The average molecular weight is 235 g/mol. The predicted octanol–water partition coefficient (Wildman–Crippen LogP) is 0.153. The molecule has 0 bridgehead atoms. The van der Waals surface area contributed by atoms with Crippen LogP contribution >= 0.6 is 0 Å². The summed E-state index contributed by atoms with van der Waals surface area (Å²) in [4.78, 5) is 21.9. The zero-order valence-corrected chi connectivity index (χ0v) is 10.2. The van der Waals surface area contributed by atoms with Gasteiger partial charge in [-0.05, 0) is 6.92 Å². The first-order valence-corrected chi connectivity index (χ1v) is 5.73. The van der Waals surface area contributed by atoms with Crippen LogP contribution in [0.5, 0.6) is 0 Å². The molecule has 1 saturated heterocycles. The molecule has 1 aromatic heterocycles. The smallest absolute Gasteiger partial charge is 0.221 e. The SMILES string of the molecule is CNc1ncnc(N2CCNC(=O)CC2)c1C. The molecule has 1 amide bonds. The number of nitrogens with zero attached hydrogens (tertiary/aromatic N) is 3. The maximum absolute atomic E-state index is 11.3. The van der Waals surface area contributed by atoms with Gasteiger partial charge in [-0.3, -0.25) is 4.79 Å². The summed E-state index contributed by atoms with van der Waals surface area (Å²) in [6.45, 7) is 4.14. The molecule has 1 aromatic rings. The summed E-state index contributed by atoms with van der Waals surface area (Å²) in [5.74, 6) is 1.84. The minimum Gasteiger partial charge on any atom is -0.373 e. The highest BCUT2D eigenvalue weighted by molar-refractivity contribution is 5.77. The number of rotatable bonds is 2. The number of amides is 1. The van der Waals surface area contributed by atoms with E-state index < -0.39 is 0 Å². The molecule has 0 aliphatic carbocycles. The van der Waals surface area contributed by atoms with Crippen molar-refractivity contribution in [2.45, 2.75) is 13.3 Å². The highest BCUT2D eigenvalue weighted by Crippen LogP contribution is 2.22. The highest BCUT2D eigenvalue weighted by atomic mass is 16.1. The van der Waals surface area contributed by atoms with E-state index in [-0.39, 0.29) is 5.91 Å². The maximum atomic E-state index is 11.3.